The molecule has 2 saturated heterocycles. The predicted molar refractivity (Wildman–Crippen MR) is 98.2 cm³/mol. The standard InChI is InChI=1S/C20H24BrNO3/c21-16-7-5-14(6-8-16)19(24)25-17-9-11-20-10-2-12-22(20)18(23)4-1-3-15(20)13-17/h5-8,15,17H,1-4,9-13H2/t15-,17-,20+/m1/s1. The molecule has 1 amide bonds. The van der Waals surface area contributed by atoms with Gasteiger partial charge in [0.1, 0.15) is 6.10 Å². The Morgan fingerprint density at radius 3 is 2.76 bits per heavy atom. The zero-order chi connectivity index (χ0) is 17.4. The van der Waals surface area contributed by atoms with Crippen LogP contribution in [0.1, 0.15) is 61.7 Å². The van der Waals surface area contributed by atoms with Gasteiger partial charge in [-0.25, -0.2) is 4.79 Å². The molecule has 1 aromatic rings. The van der Waals surface area contributed by atoms with Gasteiger partial charge in [0.2, 0.25) is 5.91 Å². The minimum Gasteiger partial charge on any atom is -0.459 e. The maximum atomic E-state index is 12.5. The molecule has 134 valence electrons. The van der Waals surface area contributed by atoms with E-state index in [1.165, 1.54) is 0 Å². The van der Waals surface area contributed by atoms with Crippen LogP contribution in [0.3, 0.4) is 0 Å². The fourth-order valence-corrected chi connectivity index (χ4v) is 5.43. The molecule has 5 heteroatoms. The number of ether oxygens (including phenoxy) is 1. The third-order valence-electron chi connectivity index (χ3n) is 6.33. The Balaban J connectivity index is 1.46. The first-order valence-electron chi connectivity index (χ1n) is 9.35. The quantitative estimate of drug-likeness (QED) is 0.688. The third kappa shape index (κ3) is 3.12. The normalized spacial score (nSPS) is 31.9. The summed E-state index contributed by atoms with van der Waals surface area (Å²) in [7, 11) is 0. The Labute approximate surface area is 157 Å². The van der Waals surface area contributed by atoms with Gasteiger partial charge >= 0.3 is 5.97 Å². The number of rotatable bonds is 2. The van der Waals surface area contributed by atoms with Crippen molar-refractivity contribution in [3.63, 3.8) is 0 Å². The molecular formula is C20H24BrNO3. The zero-order valence-electron chi connectivity index (χ0n) is 14.4. The van der Waals surface area contributed by atoms with E-state index in [9.17, 15) is 9.59 Å². The molecule has 25 heavy (non-hydrogen) atoms. The first kappa shape index (κ1) is 17.1. The summed E-state index contributed by atoms with van der Waals surface area (Å²) in [6.45, 7) is 0.915. The molecule has 0 N–H and O–H groups in total. The van der Waals surface area contributed by atoms with Gasteiger partial charge in [-0.1, -0.05) is 15.9 Å². The lowest BCUT2D eigenvalue weighted by atomic mass is 9.69. The smallest absolute Gasteiger partial charge is 0.338 e. The van der Waals surface area contributed by atoms with Gasteiger partial charge in [0, 0.05) is 23.0 Å². The van der Waals surface area contributed by atoms with E-state index in [1.807, 2.05) is 12.1 Å². The molecule has 1 spiro atoms. The number of benzene rings is 1. The third-order valence-corrected chi connectivity index (χ3v) is 6.86. The molecule has 0 radical (unpaired) electrons. The number of esters is 1. The SMILES string of the molecule is O=C(O[C@@H]1CC[C@]23CCCN2C(=O)CCC[C@@H]3C1)c1ccc(Br)cc1. The molecule has 2 aliphatic heterocycles. The van der Waals surface area contributed by atoms with Gasteiger partial charge in [-0.15, -0.1) is 0 Å². The second-order valence-corrected chi connectivity index (χ2v) is 8.57. The molecule has 3 fully saturated rings. The minimum atomic E-state index is -0.235. The number of carbonyl (C=O) groups excluding carboxylic acids is 2. The van der Waals surface area contributed by atoms with Crippen LogP contribution in [0.15, 0.2) is 28.7 Å². The topological polar surface area (TPSA) is 46.6 Å². The van der Waals surface area contributed by atoms with E-state index < -0.39 is 0 Å². The molecule has 2 heterocycles. The monoisotopic (exact) mass is 405 g/mol. The summed E-state index contributed by atoms with van der Waals surface area (Å²) < 4.78 is 6.77. The molecule has 0 bridgehead atoms. The van der Waals surface area contributed by atoms with E-state index in [2.05, 4.69) is 20.8 Å². The molecule has 4 nitrogen and oxygen atoms in total. The maximum absolute atomic E-state index is 12.5. The summed E-state index contributed by atoms with van der Waals surface area (Å²) in [5, 5.41) is 0. The van der Waals surface area contributed by atoms with Gasteiger partial charge in [-0.05, 0) is 75.1 Å². The van der Waals surface area contributed by atoms with Crippen LogP contribution in [0.4, 0.5) is 0 Å². The Morgan fingerprint density at radius 2 is 1.96 bits per heavy atom. The van der Waals surface area contributed by atoms with Crippen LogP contribution in [-0.4, -0.2) is 35.0 Å². The van der Waals surface area contributed by atoms with Crippen molar-refractivity contribution in [3.8, 4) is 0 Å². The predicted octanol–water partition coefficient (Wildman–Crippen LogP) is 4.32. The van der Waals surface area contributed by atoms with Gasteiger partial charge in [0.25, 0.3) is 0 Å². The minimum absolute atomic E-state index is 0.0255. The lowest BCUT2D eigenvalue weighted by Gasteiger charge is -2.48. The van der Waals surface area contributed by atoms with Crippen molar-refractivity contribution < 1.29 is 14.3 Å². The summed E-state index contributed by atoms with van der Waals surface area (Å²) in [6.07, 6.45) is 7.67. The lowest BCUT2D eigenvalue weighted by molar-refractivity contribution is -0.138. The number of hydrogen-bond donors (Lipinski definition) is 0. The summed E-state index contributed by atoms with van der Waals surface area (Å²) in [4.78, 5) is 27.1. The molecule has 4 rings (SSSR count). The van der Waals surface area contributed by atoms with Gasteiger partial charge in [0.15, 0.2) is 0 Å². The van der Waals surface area contributed by atoms with Gasteiger partial charge in [0.05, 0.1) is 5.56 Å². The van der Waals surface area contributed by atoms with Crippen molar-refractivity contribution in [2.24, 2.45) is 5.92 Å². The van der Waals surface area contributed by atoms with Crippen molar-refractivity contribution in [2.45, 2.75) is 63.0 Å². The largest absolute Gasteiger partial charge is 0.459 e. The van der Waals surface area contributed by atoms with E-state index in [1.54, 1.807) is 12.1 Å². The maximum Gasteiger partial charge on any atom is 0.338 e. The van der Waals surface area contributed by atoms with Crippen LogP contribution < -0.4 is 0 Å². The molecule has 0 unspecified atom stereocenters. The van der Waals surface area contributed by atoms with Crippen LogP contribution >= 0.6 is 15.9 Å². The van der Waals surface area contributed by atoms with E-state index in [0.717, 1.165) is 56.0 Å². The second-order valence-electron chi connectivity index (χ2n) is 7.65. The lowest BCUT2D eigenvalue weighted by Crippen LogP contribution is -2.54. The van der Waals surface area contributed by atoms with Crippen molar-refractivity contribution >= 4 is 27.8 Å². The van der Waals surface area contributed by atoms with Crippen LogP contribution in [0.2, 0.25) is 0 Å². The van der Waals surface area contributed by atoms with E-state index in [-0.39, 0.29) is 17.6 Å². The zero-order valence-corrected chi connectivity index (χ0v) is 16.0. The summed E-state index contributed by atoms with van der Waals surface area (Å²) in [6, 6.07) is 7.30. The fourth-order valence-electron chi connectivity index (χ4n) is 5.16. The van der Waals surface area contributed by atoms with Crippen molar-refractivity contribution in [2.75, 3.05) is 6.54 Å². The highest BCUT2D eigenvalue weighted by molar-refractivity contribution is 9.10. The average molecular weight is 406 g/mol. The Hall–Kier alpha value is -1.36. The van der Waals surface area contributed by atoms with Crippen LogP contribution in [0.25, 0.3) is 0 Å². The molecule has 0 aromatic heterocycles. The van der Waals surface area contributed by atoms with Crippen LogP contribution in [0, 0.1) is 5.92 Å². The Morgan fingerprint density at radius 1 is 1.16 bits per heavy atom. The molecule has 1 aliphatic carbocycles. The summed E-state index contributed by atoms with van der Waals surface area (Å²) >= 11 is 3.38. The van der Waals surface area contributed by atoms with Gasteiger partial charge in [-0.3, -0.25) is 4.79 Å². The Kier molecular flexibility index (Phi) is 4.61. The van der Waals surface area contributed by atoms with E-state index in [4.69, 9.17) is 4.74 Å². The van der Waals surface area contributed by atoms with Crippen LogP contribution in [-0.2, 0) is 9.53 Å². The van der Waals surface area contributed by atoms with Crippen molar-refractivity contribution in [1.29, 1.82) is 0 Å². The first-order valence-corrected chi connectivity index (χ1v) is 10.1. The average Bonchev–Trinajstić information content (AvgIpc) is 2.97. The number of carbonyl (C=O) groups is 2. The summed E-state index contributed by atoms with van der Waals surface area (Å²) in [5.41, 5.74) is 0.649. The highest BCUT2D eigenvalue weighted by Crippen LogP contribution is 2.49. The van der Waals surface area contributed by atoms with Crippen molar-refractivity contribution in [1.82, 2.24) is 4.90 Å². The van der Waals surface area contributed by atoms with Gasteiger partial charge < -0.3 is 9.64 Å². The Bertz CT molecular complexity index is 674. The van der Waals surface area contributed by atoms with Gasteiger partial charge in [-0.2, -0.15) is 0 Å². The molecular weight excluding hydrogens is 382 g/mol. The molecule has 1 saturated carbocycles. The fraction of sp³-hybridized carbons (Fsp3) is 0.600. The van der Waals surface area contributed by atoms with Crippen molar-refractivity contribution in [3.05, 3.63) is 34.3 Å². The molecule has 3 atom stereocenters. The van der Waals surface area contributed by atoms with Crippen LogP contribution in [0.5, 0.6) is 0 Å². The molecule has 3 aliphatic rings. The highest BCUT2D eigenvalue weighted by Gasteiger charge is 2.52. The second kappa shape index (κ2) is 6.75. The first-order chi connectivity index (χ1) is 12.1. The van der Waals surface area contributed by atoms with E-state index >= 15 is 0 Å². The highest BCUT2D eigenvalue weighted by atomic mass is 79.9. The number of halogens is 1. The number of hydrogen-bond acceptors (Lipinski definition) is 3. The number of amides is 1. The number of nitrogens with zero attached hydrogens (tertiary/aromatic N) is 1. The summed E-state index contributed by atoms with van der Waals surface area (Å²) in [5.74, 6) is 0.574. The van der Waals surface area contributed by atoms with E-state index in [0.29, 0.717) is 23.8 Å². The molecule has 1 aromatic carbocycles.